The van der Waals surface area contributed by atoms with E-state index in [4.69, 9.17) is 4.74 Å². The number of rotatable bonds is 5. The fourth-order valence-corrected chi connectivity index (χ4v) is 3.31. The lowest BCUT2D eigenvalue weighted by molar-refractivity contribution is -0.188. The molecule has 2 aromatic carbocycles. The van der Waals surface area contributed by atoms with Crippen molar-refractivity contribution in [3.8, 4) is 0 Å². The van der Waals surface area contributed by atoms with Gasteiger partial charge in [0.2, 0.25) is 5.91 Å². The number of ether oxygens (including phenoxy) is 1. The molecule has 4 heteroatoms. The minimum atomic E-state index is -0.943. The summed E-state index contributed by atoms with van der Waals surface area (Å²) in [4.78, 5) is 27.2. The lowest BCUT2D eigenvalue weighted by Gasteiger charge is -2.50. The van der Waals surface area contributed by atoms with Crippen molar-refractivity contribution in [2.75, 3.05) is 0 Å². The lowest BCUT2D eigenvalue weighted by atomic mass is 9.78. The van der Waals surface area contributed by atoms with E-state index >= 15 is 0 Å². The summed E-state index contributed by atoms with van der Waals surface area (Å²) in [5.41, 5.74) is 0.477. The molecule has 1 aliphatic rings. The summed E-state index contributed by atoms with van der Waals surface area (Å²) in [7, 11) is 0. The molecule has 1 saturated heterocycles. The van der Waals surface area contributed by atoms with Crippen LogP contribution in [0.3, 0.4) is 0 Å². The molecule has 1 heterocycles. The molecule has 0 N–H and O–H groups in total. The maximum Gasteiger partial charge on any atom is 0.333 e. The van der Waals surface area contributed by atoms with Crippen LogP contribution in [0.1, 0.15) is 38.3 Å². The van der Waals surface area contributed by atoms with Gasteiger partial charge in [0.05, 0.1) is 6.42 Å². The van der Waals surface area contributed by atoms with Gasteiger partial charge in [-0.25, -0.2) is 4.79 Å². The first-order chi connectivity index (χ1) is 12.3. The molecule has 1 atom stereocenters. The summed E-state index contributed by atoms with van der Waals surface area (Å²) >= 11 is 0. The van der Waals surface area contributed by atoms with Crippen molar-refractivity contribution >= 4 is 11.9 Å². The molecule has 0 aliphatic carbocycles. The van der Waals surface area contributed by atoms with E-state index in [2.05, 4.69) is 0 Å². The molecule has 2 aromatic rings. The fraction of sp³-hybridized carbons (Fsp3) is 0.364. The Labute approximate surface area is 154 Å². The average Bonchev–Trinajstić information content (AvgIpc) is 2.59. The molecular formula is C22H25NO3. The first-order valence-electron chi connectivity index (χ1n) is 8.92. The largest absolute Gasteiger partial charge is 0.458 e. The average molecular weight is 351 g/mol. The van der Waals surface area contributed by atoms with Gasteiger partial charge in [0.1, 0.15) is 5.60 Å². The first-order valence-corrected chi connectivity index (χ1v) is 8.92. The highest BCUT2D eigenvalue weighted by molar-refractivity contribution is 5.99. The summed E-state index contributed by atoms with van der Waals surface area (Å²) < 4.78 is 5.70. The van der Waals surface area contributed by atoms with Crippen molar-refractivity contribution in [3.05, 3.63) is 71.8 Å². The van der Waals surface area contributed by atoms with Crippen LogP contribution >= 0.6 is 0 Å². The Balaban J connectivity index is 1.92. The molecule has 3 rings (SSSR count). The van der Waals surface area contributed by atoms with Crippen LogP contribution in [0.4, 0.5) is 0 Å². The number of likely N-dealkylation sites (tertiary alicyclic amines) is 1. The smallest absolute Gasteiger partial charge is 0.333 e. The van der Waals surface area contributed by atoms with Gasteiger partial charge in [-0.1, -0.05) is 60.7 Å². The van der Waals surface area contributed by atoms with Gasteiger partial charge < -0.3 is 9.64 Å². The molecular weight excluding hydrogens is 326 g/mol. The summed E-state index contributed by atoms with van der Waals surface area (Å²) in [6, 6.07) is 19.5. The van der Waals surface area contributed by atoms with Gasteiger partial charge in [-0.3, -0.25) is 4.79 Å². The van der Waals surface area contributed by atoms with E-state index in [1.165, 1.54) is 0 Å². The van der Waals surface area contributed by atoms with Gasteiger partial charge in [0.25, 0.3) is 0 Å². The highest BCUT2D eigenvalue weighted by Crippen LogP contribution is 2.39. The molecule has 26 heavy (non-hydrogen) atoms. The van der Waals surface area contributed by atoms with Gasteiger partial charge in [-0.2, -0.15) is 0 Å². The minimum absolute atomic E-state index is 0.0179. The number of hydrogen-bond donors (Lipinski definition) is 0. The Hall–Kier alpha value is -2.62. The van der Waals surface area contributed by atoms with E-state index in [9.17, 15) is 9.59 Å². The maximum absolute atomic E-state index is 13.1. The Kier molecular flexibility index (Phi) is 4.86. The third kappa shape index (κ3) is 3.79. The van der Waals surface area contributed by atoms with Crippen molar-refractivity contribution < 1.29 is 14.3 Å². The van der Waals surface area contributed by atoms with Crippen LogP contribution in [0.25, 0.3) is 0 Å². The van der Waals surface area contributed by atoms with E-state index in [-0.39, 0.29) is 18.3 Å². The monoisotopic (exact) mass is 351 g/mol. The van der Waals surface area contributed by atoms with Crippen LogP contribution < -0.4 is 0 Å². The molecule has 0 bridgehead atoms. The molecule has 1 amide bonds. The molecule has 1 fully saturated rings. The number of carbonyl (C=O) groups excluding carboxylic acids is 2. The molecule has 4 nitrogen and oxygen atoms in total. The van der Waals surface area contributed by atoms with Crippen LogP contribution in [0, 0.1) is 0 Å². The second-order valence-corrected chi connectivity index (χ2v) is 7.84. The standard InChI is InChI=1S/C22H25NO3/c1-21(2,3)26-20(25)22(14-17-10-6-4-7-11-17)15-19(24)23(22)16-18-12-8-5-9-13-18/h4-13H,14-16H2,1-3H3/t22-/m0/s1. The molecule has 0 aromatic heterocycles. The van der Waals surface area contributed by atoms with E-state index in [1.54, 1.807) is 4.90 Å². The molecule has 0 unspecified atom stereocenters. The number of β-lactam (4-membered cyclic amide) rings is 1. The Morgan fingerprint density at radius 1 is 1.00 bits per heavy atom. The van der Waals surface area contributed by atoms with Crippen molar-refractivity contribution in [2.24, 2.45) is 0 Å². The van der Waals surface area contributed by atoms with Crippen LogP contribution in [0.5, 0.6) is 0 Å². The number of carbonyl (C=O) groups is 2. The quantitative estimate of drug-likeness (QED) is 0.609. The molecule has 136 valence electrons. The number of esters is 1. The zero-order valence-corrected chi connectivity index (χ0v) is 15.6. The predicted molar refractivity (Wildman–Crippen MR) is 100 cm³/mol. The van der Waals surface area contributed by atoms with Gasteiger partial charge in [0.15, 0.2) is 5.54 Å². The number of amides is 1. The van der Waals surface area contributed by atoms with Crippen LogP contribution in [0.2, 0.25) is 0 Å². The fourth-order valence-electron chi connectivity index (χ4n) is 3.31. The second kappa shape index (κ2) is 6.94. The first kappa shape index (κ1) is 18.2. The normalized spacial score (nSPS) is 19.8. The zero-order chi connectivity index (χ0) is 18.8. The van der Waals surface area contributed by atoms with Crippen LogP contribution in [0.15, 0.2) is 60.7 Å². The van der Waals surface area contributed by atoms with Gasteiger partial charge in [-0.15, -0.1) is 0 Å². The van der Waals surface area contributed by atoms with E-state index in [1.807, 2.05) is 81.4 Å². The van der Waals surface area contributed by atoms with Gasteiger partial charge >= 0.3 is 5.97 Å². The van der Waals surface area contributed by atoms with Gasteiger partial charge in [0, 0.05) is 13.0 Å². The molecule has 0 saturated carbocycles. The van der Waals surface area contributed by atoms with E-state index in [0.717, 1.165) is 11.1 Å². The van der Waals surface area contributed by atoms with Gasteiger partial charge in [-0.05, 0) is 31.9 Å². The van der Waals surface area contributed by atoms with Crippen molar-refractivity contribution in [2.45, 2.75) is 51.3 Å². The number of nitrogens with zero attached hydrogens (tertiary/aromatic N) is 1. The lowest BCUT2D eigenvalue weighted by Crippen LogP contribution is -2.69. The summed E-state index contributed by atoms with van der Waals surface area (Å²) in [6.07, 6.45) is 0.644. The summed E-state index contributed by atoms with van der Waals surface area (Å²) in [6.45, 7) is 5.96. The van der Waals surface area contributed by atoms with Crippen LogP contribution in [-0.4, -0.2) is 27.9 Å². The third-order valence-corrected chi connectivity index (χ3v) is 4.56. The number of benzene rings is 2. The van der Waals surface area contributed by atoms with E-state index < -0.39 is 11.1 Å². The maximum atomic E-state index is 13.1. The Morgan fingerprint density at radius 2 is 1.54 bits per heavy atom. The Morgan fingerprint density at radius 3 is 2.04 bits per heavy atom. The topological polar surface area (TPSA) is 46.6 Å². The Bertz CT molecular complexity index is 780. The summed E-state index contributed by atoms with van der Waals surface area (Å²) in [5.74, 6) is -0.347. The predicted octanol–water partition coefficient (Wildman–Crippen LogP) is 3.74. The molecule has 1 aliphatic heterocycles. The minimum Gasteiger partial charge on any atom is -0.458 e. The molecule has 0 radical (unpaired) electrons. The second-order valence-electron chi connectivity index (χ2n) is 7.84. The zero-order valence-electron chi connectivity index (χ0n) is 15.6. The van der Waals surface area contributed by atoms with Crippen molar-refractivity contribution in [3.63, 3.8) is 0 Å². The third-order valence-electron chi connectivity index (χ3n) is 4.56. The van der Waals surface area contributed by atoms with Crippen molar-refractivity contribution in [1.82, 2.24) is 4.90 Å². The van der Waals surface area contributed by atoms with E-state index in [0.29, 0.717) is 13.0 Å². The van der Waals surface area contributed by atoms with Crippen LogP contribution in [-0.2, 0) is 27.3 Å². The highest BCUT2D eigenvalue weighted by Gasteiger charge is 2.58. The number of hydrogen-bond acceptors (Lipinski definition) is 3. The SMILES string of the molecule is CC(C)(C)OC(=O)[C@]1(Cc2ccccc2)CC(=O)N1Cc1ccccc1. The molecule has 0 spiro atoms. The summed E-state index contributed by atoms with van der Waals surface area (Å²) in [5, 5.41) is 0. The highest BCUT2D eigenvalue weighted by atomic mass is 16.6. The van der Waals surface area contributed by atoms with Crippen molar-refractivity contribution in [1.29, 1.82) is 0 Å².